The molecular formula is C10H15OS+. The fourth-order valence-corrected chi connectivity index (χ4v) is 1.44. The van der Waals surface area contributed by atoms with Gasteiger partial charge in [-0.1, -0.05) is 31.4 Å². The Morgan fingerprint density at radius 1 is 1.42 bits per heavy atom. The van der Waals surface area contributed by atoms with Crippen LogP contribution in [0.5, 0.6) is 0 Å². The average Bonchev–Trinajstić information content (AvgIpc) is 1.98. The Bertz CT molecular complexity index is 214. The van der Waals surface area contributed by atoms with E-state index in [1.165, 1.54) is 0 Å². The van der Waals surface area contributed by atoms with Crippen molar-refractivity contribution in [2.45, 2.75) is 0 Å². The molecule has 0 radical (unpaired) electrons. The summed E-state index contributed by atoms with van der Waals surface area (Å²) in [5.74, 6) is 0.754. The monoisotopic (exact) mass is 183 g/mol. The molecule has 0 aliphatic carbocycles. The zero-order chi connectivity index (χ0) is 9.56. The number of hydrogen-bond acceptors (Lipinski definition) is 1. The number of hydrogen-bond donors (Lipinski definition) is 0. The van der Waals surface area contributed by atoms with E-state index in [0.717, 1.165) is 0 Å². The third-order valence-corrected chi connectivity index (χ3v) is 2.10. The minimum Gasteiger partial charge on any atom is -0.289 e. The quantitative estimate of drug-likeness (QED) is 0.360. The van der Waals surface area contributed by atoms with Crippen LogP contribution in [0.3, 0.4) is 0 Å². The molecule has 2 heteroatoms. The standard InChI is InChI=1S/C10H15OS/c1-5-7-9(6-2)10(11)8-12(3)4/h5-7H,1-2,8H2,3-4H3/q+1/b9-7+. The molecule has 0 aromatic rings. The molecule has 0 fully saturated rings. The van der Waals surface area contributed by atoms with Gasteiger partial charge in [-0.05, 0) is 10.9 Å². The van der Waals surface area contributed by atoms with Gasteiger partial charge in [-0.3, -0.25) is 4.79 Å². The van der Waals surface area contributed by atoms with Crippen LogP contribution < -0.4 is 0 Å². The maximum atomic E-state index is 11.4. The lowest BCUT2D eigenvalue weighted by molar-refractivity contribution is -0.112. The summed E-state index contributed by atoms with van der Waals surface area (Å²) in [5, 5.41) is 0. The lowest BCUT2D eigenvalue weighted by atomic mass is 10.2. The Labute approximate surface area is 77.2 Å². The van der Waals surface area contributed by atoms with Crippen molar-refractivity contribution in [1.29, 1.82) is 0 Å². The van der Waals surface area contributed by atoms with Gasteiger partial charge in [-0.25, -0.2) is 0 Å². The lowest BCUT2D eigenvalue weighted by Gasteiger charge is -1.97. The molecule has 0 saturated carbocycles. The highest BCUT2D eigenvalue weighted by Crippen LogP contribution is 2.00. The summed E-state index contributed by atoms with van der Waals surface area (Å²) < 4.78 is 0. The number of Topliss-reactive ketones (excluding diaryl/α,β-unsaturated/α-hetero) is 1. The molecule has 0 aromatic carbocycles. The van der Waals surface area contributed by atoms with E-state index in [1.807, 2.05) is 12.5 Å². The van der Waals surface area contributed by atoms with Crippen molar-refractivity contribution < 1.29 is 4.79 Å². The molecular weight excluding hydrogens is 168 g/mol. The van der Waals surface area contributed by atoms with E-state index in [0.29, 0.717) is 11.3 Å². The summed E-state index contributed by atoms with van der Waals surface area (Å²) in [7, 11) is 0.156. The molecule has 0 aliphatic heterocycles. The predicted octanol–water partition coefficient (Wildman–Crippen LogP) is 1.73. The molecule has 0 rings (SSSR count). The highest BCUT2D eigenvalue weighted by Gasteiger charge is 2.13. The van der Waals surface area contributed by atoms with Crippen LogP contribution in [0.2, 0.25) is 0 Å². The molecule has 0 unspecified atom stereocenters. The maximum Gasteiger partial charge on any atom is 0.211 e. The maximum absolute atomic E-state index is 11.4. The zero-order valence-electron chi connectivity index (χ0n) is 7.67. The Hall–Kier alpha value is -0.760. The van der Waals surface area contributed by atoms with Crippen molar-refractivity contribution in [3.05, 3.63) is 37.0 Å². The van der Waals surface area contributed by atoms with Crippen LogP contribution in [0.4, 0.5) is 0 Å². The van der Waals surface area contributed by atoms with E-state index in [2.05, 4.69) is 13.2 Å². The molecule has 0 heterocycles. The summed E-state index contributed by atoms with van der Waals surface area (Å²) in [6.45, 7) is 7.11. The van der Waals surface area contributed by atoms with Crippen LogP contribution in [0.1, 0.15) is 0 Å². The van der Waals surface area contributed by atoms with Gasteiger partial charge < -0.3 is 0 Å². The van der Waals surface area contributed by atoms with Crippen molar-refractivity contribution >= 4 is 16.7 Å². The highest BCUT2D eigenvalue weighted by atomic mass is 32.2. The Balaban J connectivity index is 4.32. The minimum atomic E-state index is 0.151. The molecule has 0 aromatic heterocycles. The van der Waals surface area contributed by atoms with Crippen LogP contribution in [-0.2, 0) is 15.7 Å². The molecule has 0 aliphatic rings. The van der Waals surface area contributed by atoms with Gasteiger partial charge in [-0.15, -0.1) is 0 Å². The second-order valence-corrected chi connectivity index (χ2v) is 4.87. The molecule has 0 spiro atoms. The topological polar surface area (TPSA) is 17.1 Å². The SMILES string of the molecule is C=C/C=C(\C=C)C(=O)C[S+](C)C. The first-order valence-corrected chi connectivity index (χ1v) is 5.85. The molecule has 1 nitrogen and oxygen atoms in total. The average molecular weight is 183 g/mol. The van der Waals surface area contributed by atoms with Gasteiger partial charge in [0.25, 0.3) is 0 Å². The number of rotatable bonds is 5. The zero-order valence-corrected chi connectivity index (χ0v) is 8.49. The molecule has 0 atom stereocenters. The van der Waals surface area contributed by atoms with Crippen molar-refractivity contribution in [3.8, 4) is 0 Å². The normalized spacial score (nSPS) is 11.4. The van der Waals surface area contributed by atoms with Crippen LogP contribution >= 0.6 is 0 Å². The third-order valence-electron chi connectivity index (χ3n) is 1.26. The van der Waals surface area contributed by atoms with E-state index >= 15 is 0 Å². The first kappa shape index (κ1) is 11.2. The third kappa shape index (κ3) is 4.19. The Kier molecular flexibility index (Phi) is 5.47. The van der Waals surface area contributed by atoms with Gasteiger partial charge in [0.1, 0.15) is 0 Å². The second kappa shape index (κ2) is 5.84. The van der Waals surface area contributed by atoms with Gasteiger partial charge in [0.05, 0.1) is 12.5 Å². The molecule has 0 saturated heterocycles. The molecule has 0 bridgehead atoms. The van der Waals surface area contributed by atoms with E-state index in [-0.39, 0.29) is 16.7 Å². The second-order valence-electron chi connectivity index (χ2n) is 2.61. The number of carbonyl (C=O) groups excluding carboxylic acids is 1. The fourth-order valence-electron chi connectivity index (χ4n) is 0.747. The number of allylic oxidation sites excluding steroid dienone is 4. The molecule has 12 heavy (non-hydrogen) atoms. The predicted molar refractivity (Wildman–Crippen MR) is 57.6 cm³/mol. The van der Waals surface area contributed by atoms with Gasteiger partial charge in [-0.2, -0.15) is 0 Å². The van der Waals surface area contributed by atoms with Crippen molar-refractivity contribution in [2.24, 2.45) is 0 Å². The fraction of sp³-hybridized carbons (Fsp3) is 0.300. The van der Waals surface area contributed by atoms with Crippen molar-refractivity contribution in [1.82, 2.24) is 0 Å². The number of ketones is 1. The summed E-state index contributed by atoms with van der Waals surface area (Å²) in [4.78, 5) is 11.4. The van der Waals surface area contributed by atoms with Crippen LogP contribution in [0.25, 0.3) is 0 Å². The van der Waals surface area contributed by atoms with Crippen LogP contribution in [-0.4, -0.2) is 24.0 Å². The van der Waals surface area contributed by atoms with E-state index in [9.17, 15) is 4.79 Å². The summed E-state index contributed by atoms with van der Waals surface area (Å²) in [6.07, 6.45) is 8.98. The van der Waals surface area contributed by atoms with Crippen LogP contribution in [0.15, 0.2) is 37.0 Å². The smallest absolute Gasteiger partial charge is 0.211 e. The van der Waals surface area contributed by atoms with Gasteiger partial charge >= 0.3 is 0 Å². The summed E-state index contributed by atoms with van der Waals surface area (Å²) >= 11 is 0. The molecule has 0 amide bonds. The van der Waals surface area contributed by atoms with E-state index in [4.69, 9.17) is 0 Å². The van der Waals surface area contributed by atoms with Gasteiger partial charge in [0, 0.05) is 5.57 Å². The summed E-state index contributed by atoms with van der Waals surface area (Å²) in [6, 6.07) is 0. The Morgan fingerprint density at radius 2 is 2.00 bits per heavy atom. The van der Waals surface area contributed by atoms with Crippen molar-refractivity contribution in [2.75, 3.05) is 18.3 Å². The molecule has 0 N–H and O–H groups in total. The van der Waals surface area contributed by atoms with Crippen molar-refractivity contribution in [3.63, 3.8) is 0 Å². The number of carbonyl (C=O) groups is 1. The van der Waals surface area contributed by atoms with Gasteiger partial charge in [0.15, 0.2) is 5.75 Å². The van der Waals surface area contributed by atoms with Gasteiger partial charge in [0.2, 0.25) is 5.78 Å². The first-order valence-electron chi connectivity index (χ1n) is 3.64. The van der Waals surface area contributed by atoms with E-state index in [1.54, 1.807) is 18.2 Å². The molecule has 66 valence electrons. The largest absolute Gasteiger partial charge is 0.289 e. The highest BCUT2D eigenvalue weighted by molar-refractivity contribution is 7.96. The van der Waals surface area contributed by atoms with E-state index < -0.39 is 0 Å². The Morgan fingerprint density at radius 3 is 2.33 bits per heavy atom. The first-order chi connectivity index (χ1) is 5.61. The summed E-state index contributed by atoms with van der Waals surface area (Å²) in [5.41, 5.74) is 0.659. The minimum absolute atomic E-state index is 0.151. The lowest BCUT2D eigenvalue weighted by Crippen LogP contribution is -2.14. The van der Waals surface area contributed by atoms with Crippen LogP contribution in [0, 0.1) is 0 Å².